The molecule has 0 bridgehead atoms. The van der Waals surface area contributed by atoms with Gasteiger partial charge in [0.2, 0.25) is 0 Å². The Labute approximate surface area is 119 Å². The average molecular weight is 292 g/mol. The Morgan fingerprint density at radius 2 is 1.60 bits per heavy atom. The van der Waals surface area contributed by atoms with Crippen molar-refractivity contribution in [3.8, 4) is 5.75 Å². The molecule has 20 heavy (non-hydrogen) atoms. The lowest BCUT2D eigenvalue weighted by atomic mass is 10.2. The molecule has 0 atom stereocenters. The third-order valence-electron chi connectivity index (χ3n) is 2.63. The summed E-state index contributed by atoms with van der Waals surface area (Å²) in [5, 5.41) is 0. The highest BCUT2D eigenvalue weighted by molar-refractivity contribution is 7.87. The summed E-state index contributed by atoms with van der Waals surface area (Å²) in [6.45, 7) is 3.06. The van der Waals surface area contributed by atoms with Crippen LogP contribution in [-0.4, -0.2) is 15.0 Å². The van der Waals surface area contributed by atoms with Gasteiger partial charge in [0.15, 0.2) is 0 Å². The molecule has 0 spiro atoms. The first-order chi connectivity index (χ1) is 9.62. The van der Waals surface area contributed by atoms with Gasteiger partial charge < -0.3 is 8.92 Å². The van der Waals surface area contributed by atoms with E-state index in [1.807, 2.05) is 6.92 Å². The van der Waals surface area contributed by atoms with Gasteiger partial charge in [0.05, 0.1) is 6.61 Å². The van der Waals surface area contributed by atoms with E-state index in [9.17, 15) is 8.42 Å². The molecule has 0 saturated carbocycles. The van der Waals surface area contributed by atoms with Crippen LogP contribution in [0.1, 0.15) is 12.5 Å². The van der Waals surface area contributed by atoms with Crippen LogP contribution in [-0.2, 0) is 21.5 Å². The van der Waals surface area contributed by atoms with E-state index in [1.165, 1.54) is 12.1 Å². The van der Waals surface area contributed by atoms with E-state index in [4.69, 9.17) is 8.92 Å². The van der Waals surface area contributed by atoms with Crippen molar-refractivity contribution < 1.29 is 17.3 Å². The second-order valence-electron chi connectivity index (χ2n) is 4.13. The van der Waals surface area contributed by atoms with E-state index in [0.29, 0.717) is 13.2 Å². The first-order valence-electron chi connectivity index (χ1n) is 6.28. The van der Waals surface area contributed by atoms with Crippen LogP contribution in [0.4, 0.5) is 0 Å². The Balaban J connectivity index is 2.10. The maximum atomic E-state index is 12.0. The lowest BCUT2D eigenvalue weighted by Gasteiger charge is -2.07. The van der Waals surface area contributed by atoms with Crippen LogP contribution < -0.4 is 4.18 Å². The van der Waals surface area contributed by atoms with Gasteiger partial charge in [-0.1, -0.05) is 30.3 Å². The van der Waals surface area contributed by atoms with E-state index in [0.717, 1.165) is 5.56 Å². The molecule has 4 nitrogen and oxygen atoms in total. The van der Waals surface area contributed by atoms with Crippen molar-refractivity contribution in [2.24, 2.45) is 0 Å². The molecule has 0 heterocycles. The van der Waals surface area contributed by atoms with Crippen LogP contribution in [0.3, 0.4) is 0 Å². The highest BCUT2D eigenvalue weighted by atomic mass is 32.2. The van der Waals surface area contributed by atoms with Gasteiger partial charge in [-0.05, 0) is 36.8 Å². The second kappa shape index (κ2) is 6.54. The fourth-order valence-electron chi connectivity index (χ4n) is 1.62. The van der Waals surface area contributed by atoms with Crippen molar-refractivity contribution in [2.45, 2.75) is 18.4 Å². The predicted octanol–water partition coefficient (Wildman–Crippen LogP) is 2.99. The summed E-state index contributed by atoms with van der Waals surface area (Å²) in [6.07, 6.45) is 0. The number of rotatable bonds is 6. The van der Waals surface area contributed by atoms with Gasteiger partial charge in [0, 0.05) is 6.61 Å². The molecule has 5 heteroatoms. The zero-order valence-electron chi connectivity index (χ0n) is 11.2. The Bertz CT molecular complexity index is 633. The maximum Gasteiger partial charge on any atom is 0.339 e. The highest BCUT2D eigenvalue weighted by Crippen LogP contribution is 2.19. The standard InChI is InChI=1S/C15H16O4S/c1-2-18-12-13-8-10-14(11-9-13)19-20(16,17)15-6-4-3-5-7-15/h3-11H,2,12H2,1H3. The van der Waals surface area contributed by atoms with E-state index in [2.05, 4.69) is 0 Å². The molecule has 0 saturated heterocycles. The van der Waals surface area contributed by atoms with Crippen molar-refractivity contribution in [1.29, 1.82) is 0 Å². The van der Waals surface area contributed by atoms with Crippen LogP contribution >= 0.6 is 0 Å². The van der Waals surface area contributed by atoms with Gasteiger partial charge in [-0.15, -0.1) is 0 Å². The topological polar surface area (TPSA) is 52.6 Å². The molecule has 0 fully saturated rings. The fourth-order valence-corrected chi connectivity index (χ4v) is 2.57. The summed E-state index contributed by atoms with van der Waals surface area (Å²) >= 11 is 0. The molecule has 2 aromatic carbocycles. The summed E-state index contributed by atoms with van der Waals surface area (Å²) in [5.74, 6) is 0.286. The van der Waals surface area contributed by atoms with Crippen molar-refractivity contribution in [1.82, 2.24) is 0 Å². The molecule has 2 rings (SSSR count). The molecule has 0 aliphatic rings. The molecule has 106 valence electrons. The van der Waals surface area contributed by atoms with E-state index in [-0.39, 0.29) is 10.6 Å². The molecule has 0 N–H and O–H groups in total. The van der Waals surface area contributed by atoms with Crippen LogP contribution in [0.2, 0.25) is 0 Å². The van der Waals surface area contributed by atoms with Crippen LogP contribution in [0.15, 0.2) is 59.5 Å². The molecule has 2 aromatic rings. The SMILES string of the molecule is CCOCc1ccc(OS(=O)(=O)c2ccccc2)cc1. The summed E-state index contributed by atoms with van der Waals surface area (Å²) < 4.78 is 34.4. The Morgan fingerprint density at radius 1 is 0.950 bits per heavy atom. The van der Waals surface area contributed by atoms with Crippen LogP contribution in [0, 0.1) is 0 Å². The first kappa shape index (κ1) is 14.6. The van der Waals surface area contributed by atoms with Crippen molar-refractivity contribution >= 4 is 10.1 Å². The van der Waals surface area contributed by atoms with Crippen molar-refractivity contribution in [2.75, 3.05) is 6.61 Å². The molecular formula is C15H16O4S. The smallest absolute Gasteiger partial charge is 0.339 e. The van der Waals surface area contributed by atoms with Gasteiger partial charge in [-0.2, -0.15) is 8.42 Å². The van der Waals surface area contributed by atoms with Gasteiger partial charge >= 0.3 is 10.1 Å². The van der Waals surface area contributed by atoms with E-state index < -0.39 is 10.1 Å². The van der Waals surface area contributed by atoms with Gasteiger partial charge in [-0.3, -0.25) is 0 Å². The molecular weight excluding hydrogens is 276 g/mol. The lowest BCUT2D eigenvalue weighted by molar-refractivity contribution is 0.134. The quantitative estimate of drug-likeness (QED) is 0.768. The third-order valence-corrected chi connectivity index (χ3v) is 3.90. The van der Waals surface area contributed by atoms with E-state index in [1.54, 1.807) is 42.5 Å². The molecule has 0 aromatic heterocycles. The first-order valence-corrected chi connectivity index (χ1v) is 7.69. The number of hydrogen-bond donors (Lipinski definition) is 0. The van der Waals surface area contributed by atoms with Crippen molar-refractivity contribution in [3.63, 3.8) is 0 Å². The number of hydrogen-bond acceptors (Lipinski definition) is 4. The Kier molecular flexibility index (Phi) is 4.76. The monoisotopic (exact) mass is 292 g/mol. The molecule has 0 unspecified atom stereocenters. The average Bonchev–Trinajstić information content (AvgIpc) is 2.47. The second-order valence-corrected chi connectivity index (χ2v) is 5.68. The molecule has 0 aliphatic carbocycles. The maximum absolute atomic E-state index is 12.0. The highest BCUT2D eigenvalue weighted by Gasteiger charge is 2.15. The van der Waals surface area contributed by atoms with Crippen molar-refractivity contribution in [3.05, 3.63) is 60.2 Å². The number of benzene rings is 2. The minimum Gasteiger partial charge on any atom is -0.379 e. The third kappa shape index (κ3) is 3.82. The Hall–Kier alpha value is -1.85. The summed E-state index contributed by atoms with van der Waals surface area (Å²) in [7, 11) is -3.77. The largest absolute Gasteiger partial charge is 0.379 e. The molecule has 0 amide bonds. The summed E-state index contributed by atoms with van der Waals surface area (Å²) in [6, 6.07) is 14.9. The minimum atomic E-state index is -3.77. The summed E-state index contributed by atoms with van der Waals surface area (Å²) in [5.41, 5.74) is 0.969. The van der Waals surface area contributed by atoms with Gasteiger partial charge in [0.1, 0.15) is 10.6 Å². The zero-order valence-corrected chi connectivity index (χ0v) is 12.0. The van der Waals surface area contributed by atoms with Gasteiger partial charge in [-0.25, -0.2) is 0 Å². The molecule has 0 aliphatic heterocycles. The Morgan fingerprint density at radius 3 is 2.20 bits per heavy atom. The van der Waals surface area contributed by atoms with Crippen LogP contribution in [0.25, 0.3) is 0 Å². The lowest BCUT2D eigenvalue weighted by Crippen LogP contribution is -2.09. The minimum absolute atomic E-state index is 0.137. The predicted molar refractivity (Wildman–Crippen MR) is 76.0 cm³/mol. The van der Waals surface area contributed by atoms with E-state index >= 15 is 0 Å². The fraction of sp³-hybridized carbons (Fsp3) is 0.200. The van der Waals surface area contributed by atoms with Crippen LogP contribution in [0.5, 0.6) is 5.75 Å². The zero-order chi connectivity index (χ0) is 14.4. The molecule has 0 radical (unpaired) electrons. The normalized spacial score (nSPS) is 11.2. The summed E-state index contributed by atoms with van der Waals surface area (Å²) in [4.78, 5) is 0.137. The number of ether oxygens (including phenoxy) is 1. The van der Waals surface area contributed by atoms with Gasteiger partial charge in [0.25, 0.3) is 0 Å².